The van der Waals surface area contributed by atoms with Gasteiger partial charge in [-0.15, -0.1) is 0 Å². The van der Waals surface area contributed by atoms with Crippen molar-refractivity contribution in [1.82, 2.24) is 5.32 Å². The molecular weight excluding hydrogens is 210 g/mol. The molecule has 2 fully saturated rings. The fourth-order valence-electron chi connectivity index (χ4n) is 3.08. The molecule has 0 amide bonds. The van der Waals surface area contributed by atoms with Crippen LogP contribution in [0.5, 0.6) is 0 Å². The van der Waals surface area contributed by atoms with E-state index >= 15 is 0 Å². The third-order valence-corrected chi connectivity index (χ3v) is 4.33. The minimum absolute atomic E-state index is 0.579. The van der Waals surface area contributed by atoms with E-state index in [-0.39, 0.29) is 0 Å². The molecule has 0 bridgehead atoms. The van der Waals surface area contributed by atoms with Gasteiger partial charge in [0.25, 0.3) is 0 Å². The predicted molar refractivity (Wildman–Crippen MR) is 72.2 cm³/mol. The van der Waals surface area contributed by atoms with Crippen molar-refractivity contribution < 1.29 is 4.74 Å². The smallest absolute Gasteiger partial charge is 0.0580 e. The molecule has 0 heterocycles. The first-order valence-electron chi connectivity index (χ1n) is 7.66. The van der Waals surface area contributed by atoms with E-state index in [9.17, 15) is 0 Å². The zero-order chi connectivity index (χ0) is 12.1. The van der Waals surface area contributed by atoms with Crippen molar-refractivity contribution in [3.63, 3.8) is 0 Å². The molecule has 1 unspecified atom stereocenters. The van der Waals surface area contributed by atoms with Crippen LogP contribution in [0.15, 0.2) is 0 Å². The van der Waals surface area contributed by atoms with Crippen LogP contribution in [0.4, 0.5) is 0 Å². The van der Waals surface area contributed by atoms with Gasteiger partial charge in [0.15, 0.2) is 0 Å². The van der Waals surface area contributed by atoms with Gasteiger partial charge in [0.1, 0.15) is 0 Å². The number of hydrogen-bond acceptors (Lipinski definition) is 2. The molecule has 2 heteroatoms. The summed E-state index contributed by atoms with van der Waals surface area (Å²) in [6.07, 6.45) is 10.4. The van der Waals surface area contributed by atoms with Crippen LogP contribution in [0.1, 0.15) is 58.8 Å². The number of ether oxygens (including phenoxy) is 1. The van der Waals surface area contributed by atoms with Gasteiger partial charge in [0.05, 0.1) is 6.10 Å². The molecule has 0 radical (unpaired) electrons. The minimum atomic E-state index is 0.579. The summed E-state index contributed by atoms with van der Waals surface area (Å²) in [6, 6.07) is 0.771. The van der Waals surface area contributed by atoms with Crippen LogP contribution < -0.4 is 5.32 Å². The minimum Gasteiger partial charge on any atom is -0.378 e. The highest BCUT2D eigenvalue weighted by molar-refractivity contribution is 4.85. The Labute approximate surface area is 107 Å². The fraction of sp³-hybridized carbons (Fsp3) is 1.00. The summed E-state index contributed by atoms with van der Waals surface area (Å²) in [5.74, 6) is 2.00. The molecule has 2 saturated carbocycles. The maximum Gasteiger partial charge on any atom is 0.0580 e. The maximum atomic E-state index is 5.64. The van der Waals surface area contributed by atoms with Gasteiger partial charge in [-0.25, -0.2) is 0 Å². The summed E-state index contributed by atoms with van der Waals surface area (Å²) in [5, 5.41) is 3.67. The van der Waals surface area contributed by atoms with Gasteiger partial charge >= 0.3 is 0 Å². The van der Waals surface area contributed by atoms with Crippen LogP contribution in [0.3, 0.4) is 0 Å². The molecule has 2 aliphatic carbocycles. The van der Waals surface area contributed by atoms with E-state index in [4.69, 9.17) is 4.74 Å². The Balaban J connectivity index is 1.59. The highest BCUT2D eigenvalue weighted by Gasteiger charge is 2.31. The van der Waals surface area contributed by atoms with Gasteiger partial charge in [-0.05, 0) is 57.4 Å². The number of nitrogens with one attached hydrogen (secondary N) is 1. The Hall–Kier alpha value is -0.0800. The molecule has 0 aliphatic heterocycles. The highest BCUT2D eigenvalue weighted by Crippen LogP contribution is 2.37. The number of rotatable bonds is 9. The Bertz CT molecular complexity index is 209. The Morgan fingerprint density at radius 3 is 2.53 bits per heavy atom. The molecule has 0 aromatic rings. The van der Waals surface area contributed by atoms with Crippen molar-refractivity contribution in [2.24, 2.45) is 11.8 Å². The lowest BCUT2D eigenvalue weighted by molar-refractivity contribution is -0.0292. The van der Waals surface area contributed by atoms with Gasteiger partial charge in [-0.3, -0.25) is 0 Å². The Morgan fingerprint density at radius 1 is 1.18 bits per heavy atom. The molecular formula is C15H29NO. The maximum absolute atomic E-state index is 5.64. The molecule has 2 nitrogen and oxygen atoms in total. The van der Waals surface area contributed by atoms with E-state index in [1.165, 1.54) is 44.9 Å². The first-order chi connectivity index (χ1) is 8.31. The Morgan fingerprint density at radius 2 is 1.94 bits per heavy atom. The molecule has 0 saturated heterocycles. The van der Waals surface area contributed by atoms with Gasteiger partial charge in [0.2, 0.25) is 0 Å². The third-order valence-electron chi connectivity index (χ3n) is 4.33. The lowest BCUT2D eigenvalue weighted by Gasteiger charge is -2.37. The molecule has 17 heavy (non-hydrogen) atoms. The van der Waals surface area contributed by atoms with Crippen molar-refractivity contribution in [3.05, 3.63) is 0 Å². The van der Waals surface area contributed by atoms with Crippen LogP contribution in [0.2, 0.25) is 0 Å². The summed E-state index contributed by atoms with van der Waals surface area (Å²) in [4.78, 5) is 0. The van der Waals surface area contributed by atoms with Crippen LogP contribution in [0.25, 0.3) is 0 Å². The second-order valence-electron chi connectivity index (χ2n) is 5.93. The summed E-state index contributed by atoms with van der Waals surface area (Å²) in [6.45, 7) is 6.34. The van der Waals surface area contributed by atoms with E-state index in [0.29, 0.717) is 6.10 Å². The van der Waals surface area contributed by atoms with Gasteiger partial charge in [-0.2, -0.15) is 0 Å². The van der Waals surface area contributed by atoms with Crippen LogP contribution in [-0.2, 0) is 4.74 Å². The van der Waals surface area contributed by atoms with Crippen molar-refractivity contribution in [2.75, 3.05) is 13.2 Å². The molecule has 0 aromatic carbocycles. The van der Waals surface area contributed by atoms with Crippen molar-refractivity contribution >= 4 is 0 Å². The fourth-order valence-corrected chi connectivity index (χ4v) is 3.08. The summed E-state index contributed by atoms with van der Waals surface area (Å²) in [5.41, 5.74) is 0. The topological polar surface area (TPSA) is 21.3 Å². The van der Waals surface area contributed by atoms with Crippen molar-refractivity contribution in [1.29, 1.82) is 0 Å². The second-order valence-corrected chi connectivity index (χ2v) is 5.93. The number of hydrogen-bond donors (Lipinski definition) is 1. The Kier molecular flexibility index (Phi) is 5.30. The molecule has 2 aliphatic rings. The SMILES string of the molecule is CCNC(CCC1CC1)CC1CC(OCC)C1. The van der Waals surface area contributed by atoms with Crippen molar-refractivity contribution in [3.8, 4) is 0 Å². The average molecular weight is 239 g/mol. The van der Waals surface area contributed by atoms with E-state index in [2.05, 4.69) is 19.2 Å². The van der Waals surface area contributed by atoms with E-state index in [1.54, 1.807) is 0 Å². The summed E-state index contributed by atoms with van der Waals surface area (Å²) in [7, 11) is 0. The first kappa shape index (κ1) is 13.4. The zero-order valence-corrected chi connectivity index (χ0v) is 11.6. The average Bonchev–Trinajstić information content (AvgIpc) is 3.07. The van der Waals surface area contributed by atoms with Crippen LogP contribution in [0, 0.1) is 11.8 Å². The van der Waals surface area contributed by atoms with Crippen LogP contribution >= 0.6 is 0 Å². The predicted octanol–water partition coefficient (Wildman–Crippen LogP) is 3.36. The van der Waals surface area contributed by atoms with E-state index < -0.39 is 0 Å². The first-order valence-corrected chi connectivity index (χ1v) is 7.66. The normalized spacial score (nSPS) is 30.0. The lowest BCUT2D eigenvalue weighted by Crippen LogP contribution is -2.38. The third kappa shape index (κ3) is 4.59. The monoisotopic (exact) mass is 239 g/mol. The molecule has 0 spiro atoms. The van der Waals surface area contributed by atoms with E-state index in [0.717, 1.165) is 31.0 Å². The molecule has 0 aromatic heterocycles. The largest absolute Gasteiger partial charge is 0.378 e. The summed E-state index contributed by atoms with van der Waals surface area (Å²) >= 11 is 0. The molecule has 1 N–H and O–H groups in total. The second kappa shape index (κ2) is 6.75. The summed E-state index contributed by atoms with van der Waals surface area (Å²) < 4.78 is 5.64. The zero-order valence-electron chi connectivity index (χ0n) is 11.6. The van der Waals surface area contributed by atoms with Gasteiger partial charge in [0, 0.05) is 12.6 Å². The molecule has 2 rings (SSSR count). The molecule has 1 atom stereocenters. The standard InChI is InChI=1S/C15H29NO/c1-3-16-14(8-7-12-5-6-12)9-13-10-15(11-13)17-4-2/h12-16H,3-11H2,1-2H3. The van der Waals surface area contributed by atoms with E-state index in [1.807, 2.05) is 0 Å². The molecule has 100 valence electrons. The van der Waals surface area contributed by atoms with Gasteiger partial charge < -0.3 is 10.1 Å². The van der Waals surface area contributed by atoms with Crippen molar-refractivity contribution in [2.45, 2.75) is 70.9 Å². The van der Waals surface area contributed by atoms with Gasteiger partial charge in [-0.1, -0.05) is 19.8 Å². The lowest BCUT2D eigenvalue weighted by atomic mass is 9.77. The van der Waals surface area contributed by atoms with Crippen LogP contribution in [-0.4, -0.2) is 25.3 Å². The highest BCUT2D eigenvalue weighted by atomic mass is 16.5. The quantitative estimate of drug-likeness (QED) is 0.666.